The number of hydrogen-bond donors (Lipinski definition) is 1. The predicted octanol–water partition coefficient (Wildman–Crippen LogP) is 2.84. The molecular formula is C14H20N4S. The Labute approximate surface area is 118 Å². The van der Waals surface area contributed by atoms with Crippen molar-refractivity contribution in [3.05, 3.63) is 28.9 Å². The molecule has 0 atom stereocenters. The summed E-state index contributed by atoms with van der Waals surface area (Å²) in [6.45, 7) is 7.39. The Balaban J connectivity index is 1.94. The maximum Gasteiger partial charge on any atom is 0.166 e. The fourth-order valence-electron chi connectivity index (χ4n) is 1.79. The van der Waals surface area contributed by atoms with Crippen LogP contribution < -0.4 is 5.32 Å². The topological polar surface area (TPSA) is 50.7 Å². The van der Waals surface area contributed by atoms with E-state index >= 15 is 0 Å². The van der Waals surface area contributed by atoms with Crippen LogP contribution in [0, 0.1) is 6.92 Å². The second-order valence-corrected chi connectivity index (χ2v) is 5.94. The zero-order chi connectivity index (χ0) is 13.7. The molecule has 0 saturated carbocycles. The van der Waals surface area contributed by atoms with Crippen LogP contribution in [0.15, 0.2) is 18.3 Å². The number of rotatable bonds is 6. The Morgan fingerprint density at radius 1 is 1.32 bits per heavy atom. The van der Waals surface area contributed by atoms with Gasteiger partial charge in [-0.2, -0.15) is 0 Å². The molecule has 0 saturated heterocycles. The van der Waals surface area contributed by atoms with Gasteiger partial charge in [0, 0.05) is 18.7 Å². The Bertz CT molecular complexity index is 522. The largest absolute Gasteiger partial charge is 0.315 e. The second kappa shape index (κ2) is 6.73. The predicted molar refractivity (Wildman–Crippen MR) is 79.3 cm³/mol. The second-order valence-electron chi connectivity index (χ2n) is 4.88. The Morgan fingerprint density at radius 3 is 2.89 bits per heavy atom. The molecule has 0 unspecified atom stereocenters. The van der Waals surface area contributed by atoms with Crippen LogP contribution in [-0.2, 0) is 6.42 Å². The van der Waals surface area contributed by atoms with Crippen molar-refractivity contribution in [2.45, 2.75) is 39.7 Å². The minimum atomic E-state index is 0.543. The standard InChI is InChI=1S/C14H20N4S/c1-10(2)15-8-5-7-12-17-18-14(19-12)13-11(3)6-4-9-16-13/h4,6,9-10,15H,5,7-8H2,1-3H3. The summed E-state index contributed by atoms with van der Waals surface area (Å²) < 4.78 is 0. The Hall–Kier alpha value is -1.33. The number of hydrogen-bond acceptors (Lipinski definition) is 5. The monoisotopic (exact) mass is 276 g/mol. The van der Waals surface area contributed by atoms with Crippen LogP contribution in [0.25, 0.3) is 10.7 Å². The van der Waals surface area contributed by atoms with Gasteiger partial charge in [0.25, 0.3) is 0 Å². The first-order valence-electron chi connectivity index (χ1n) is 6.64. The summed E-state index contributed by atoms with van der Waals surface area (Å²) >= 11 is 1.65. The van der Waals surface area contributed by atoms with Crippen molar-refractivity contribution in [3.8, 4) is 10.7 Å². The Kier molecular flexibility index (Phi) is 4.99. The van der Waals surface area contributed by atoms with Gasteiger partial charge in [-0.25, -0.2) is 0 Å². The van der Waals surface area contributed by atoms with E-state index in [-0.39, 0.29) is 0 Å². The lowest BCUT2D eigenvalue weighted by Crippen LogP contribution is -2.23. The van der Waals surface area contributed by atoms with E-state index in [1.807, 2.05) is 6.07 Å². The molecule has 2 aromatic rings. The number of aromatic nitrogens is 3. The third-order valence-corrected chi connectivity index (χ3v) is 3.79. The zero-order valence-corrected chi connectivity index (χ0v) is 12.5. The van der Waals surface area contributed by atoms with Crippen LogP contribution in [0.4, 0.5) is 0 Å². The lowest BCUT2D eigenvalue weighted by molar-refractivity contribution is 0.569. The molecule has 2 aromatic heterocycles. The van der Waals surface area contributed by atoms with Gasteiger partial charge in [0.05, 0.1) is 0 Å². The first-order valence-corrected chi connectivity index (χ1v) is 7.46. The van der Waals surface area contributed by atoms with Gasteiger partial charge >= 0.3 is 0 Å². The summed E-state index contributed by atoms with van der Waals surface area (Å²) in [5, 5.41) is 13.9. The average Bonchev–Trinajstić information content (AvgIpc) is 2.83. The first kappa shape index (κ1) is 14.1. The van der Waals surface area contributed by atoms with Gasteiger partial charge in [-0.3, -0.25) is 4.98 Å². The number of pyridine rings is 1. The van der Waals surface area contributed by atoms with Crippen molar-refractivity contribution >= 4 is 11.3 Å². The first-order chi connectivity index (χ1) is 9.16. The molecular weight excluding hydrogens is 256 g/mol. The van der Waals surface area contributed by atoms with E-state index in [1.165, 1.54) is 0 Å². The van der Waals surface area contributed by atoms with Crippen LogP contribution in [-0.4, -0.2) is 27.8 Å². The molecule has 0 aromatic carbocycles. The van der Waals surface area contributed by atoms with Gasteiger partial charge in [0.2, 0.25) is 0 Å². The fraction of sp³-hybridized carbons (Fsp3) is 0.500. The molecule has 1 N–H and O–H groups in total. The average molecular weight is 276 g/mol. The van der Waals surface area contributed by atoms with Crippen LogP contribution in [0.5, 0.6) is 0 Å². The summed E-state index contributed by atoms with van der Waals surface area (Å²) in [5.74, 6) is 0. The van der Waals surface area contributed by atoms with E-state index < -0.39 is 0 Å². The summed E-state index contributed by atoms with van der Waals surface area (Å²) in [6, 6.07) is 4.54. The van der Waals surface area contributed by atoms with E-state index in [2.05, 4.69) is 47.3 Å². The number of aryl methyl sites for hydroxylation is 2. The lowest BCUT2D eigenvalue weighted by Gasteiger charge is -2.05. The van der Waals surface area contributed by atoms with Crippen molar-refractivity contribution in [2.75, 3.05) is 6.54 Å². The molecule has 0 spiro atoms. The molecule has 0 amide bonds. The summed E-state index contributed by atoms with van der Waals surface area (Å²) in [5.41, 5.74) is 2.10. The third-order valence-electron chi connectivity index (χ3n) is 2.80. The van der Waals surface area contributed by atoms with E-state index in [9.17, 15) is 0 Å². The minimum Gasteiger partial charge on any atom is -0.315 e. The molecule has 2 rings (SSSR count). The fourth-order valence-corrected chi connectivity index (χ4v) is 2.73. The van der Waals surface area contributed by atoms with Crippen LogP contribution >= 0.6 is 11.3 Å². The molecule has 19 heavy (non-hydrogen) atoms. The van der Waals surface area contributed by atoms with Crippen LogP contribution in [0.1, 0.15) is 30.8 Å². The summed E-state index contributed by atoms with van der Waals surface area (Å²) in [4.78, 5) is 4.38. The van der Waals surface area contributed by atoms with Crippen molar-refractivity contribution in [3.63, 3.8) is 0 Å². The van der Waals surface area contributed by atoms with E-state index in [0.29, 0.717) is 6.04 Å². The van der Waals surface area contributed by atoms with E-state index in [4.69, 9.17) is 0 Å². The van der Waals surface area contributed by atoms with Crippen LogP contribution in [0.3, 0.4) is 0 Å². The molecule has 4 nitrogen and oxygen atoms in total. The molecule has 102 valence electrons. The quantitative estimate of drug-likeness (QED) is 0.824. The van der Waals surface area contributed by atoms with Crippen molar-refractivity contribution < 1.29 is 0 Å². The molecule has 0 aliphatic heterocycles. The third kappa shape index (κ3) is 4.08. The SMILES string of the molecule is Cc1cccnc1-c1nnc(CCCNC(C)C)s1. The minimum absolute atomic E-state index is 0.543. The highest BCUT2D eigenvalue weighted by molar-refractivity contribution is 7.14. The van der Waals surface area contributed by atoms with Crippen molar-refractivity contribution in [1.82, 2.24) is 20.5 Å². The van der Waals surface area contributed by atoms with Gasteiger partial charge in [-0.15, -0.1) is 10.2 Å². The van der Waals surface area contributed by atoms with Gasteiger partial charge < -0.3 is 5.32 Å². The highest BCUT2D eigenvalue weighted by Crippen LogP contribution is 2.24. The zero-order valence-electron chi connectivity index (χ0n) is 11.7. The molecule has 0 fully saturated rings. The van der Waals surface area contributed by atoms with Crippen molar-refractivity contribution in [1.29, 1.82) is 0 Å². The molecule has 2 heterocycles. The van der Waals surface area contributed by atoms with Gasteiger partial charge in [0.15, 0.2) is 5.01 Å². The molecule has 0 aliphatic rings. The van der Waals surface area contributed by atoms with Gasteiger partial charge in [-0.1, -0.05) is 31.3 Å². The number of nitrogens with zero attached hydrogens (tertiary/aromatic N) is 3. The smallest absolute Gasteiger partial charge is 0.166 e. The Morgan fingerprint density at radius 2 is 2.16 bits per heavy atom. The van der Waals surface area contributed by atoms with Crippen molar-refractivity contribution in [2.24, 2.45) is 0 Å². The maximum absolute atomic E-state index is 4.38. The van der Waals surface area contributed by atoms with Crippen LogP contribution in [0.2, 0.25) is 0 Å². The highest BCUT2D eigenvalue weighted by atomic mass is 32.1. The van der Waals surface area contributed by atoms with Gasteiger partial charge in [0.1, 0.15) is 10.7 Å². The maximum atomic E-state index is 4.38. The molecule has 5 heteroatoms. The highest BCUT2D eigenvalue weighted by Gasteiger charge is 2.09. The number of nitrogens with one attached hydrogen (secondary N) is 1. The summed E-state index contributed by atoms with van der Waals surface area (Å²) in [7, 11) is 0. The summed E-state index contributed by atoms with van der Waals surface area (Å²) in [6.07, 6.45) is 3.87. The van der Waals surface area contributed by atoms with E-state index in [1.54, 1.807) is 17.5 Å². The molecule has 0 aliphatic carbocycles. The molecule has 0 bridgehead atoms. The lowest BCUT2D eigenvalue weighted by atomic mass is 10.2. The normalized spacial score (nSPS) is 11.2. The molecule has 0 radical (unpaired) electrons. The van der Waals surface area contributed by atoms with Gasteiger partial charge in [-0.05, 0) is 31.5 Å². The van der Waals surface area contributed by atoms with E-state index in [0.717, 1.165) is 40.7 Å².